The van der Waals surface area contributed by atoms with Crippen LogP contribution in [0.4, 0.5) is 9.59 Å². The van der Waals surface area contributed by atoms with Gasteiger partial charge < -0.3 is 15.8 Å². The van der Waals surface area contributed by atoms with Gasteiger partial charge in [-0.1, -0.05) is 0 Å². The van der Waals surface area contributed by atoms with E-state index >= 15 is 0 Å². The van der Waals surface area contributed by atoms with Crippen LogP contribution in [0.25, 0.3) is 0 Å². The van der Waals surface area contributed by atoms with E-state index in [9.17, 15) is 9.59 Å². The predicted molar refractivity (Wildman–Crippen MR) is 56.9 cm³/mol. The van der Waals surface area contributed by atoms with Crippen LogP contribution in [-0.2, 0) is 4.74 Å². The van der Waals surface area contributed by atoms with Gasteiger partial charge in [-0.2, -0.15) is 0 Å². The fourth-order valence-electron chi connectivity index (χ4n) is 0.904. The molecule has 0 radical (unpaired) electrons. The molecule has 0 spiro atoms. The Morgan fingerprint density at radius 3 is 2.38 bits per heavy atom. The minimum Gasteiger partial charge on any atom is -0.444 e. The second-order valence-electron chi connectivity index (χ2n) is 4.47. The third kappa shape index (κ3) is 6.88. The van der Waals surface area contributed by atoms with Crippen molar-refractivity contribution in [3.05, 3.63) is 0 Å². The number of rotatable bonds is 3. The molecular weight excluding hydrogens is 214 g/mol. The molecule has 0 rings (SSSR count). The van der Waals surface area contributed by atoms with Crippen molar-refractivity contribution in [2.75, 3.05) is 6.54 Å². The minimum atomic E-state index is -0.974. The van der Waals surface area contributed by atoms with Crippen molar-refractivity contribution < 1.29 is 19.5 Å². The van der Waals surface area contributed by atoms with E-state index in [0.717, 1.165) is 0 Å². The summed E-state index contributed by atoms with van der Waals surface area (Å²) < 4.78 is 4.98. The van der Waals surface area contributed by atoms with Gasteiger partial charge in [0.25, 0.3) is 0 Å². The van der Waals surface area contributed by atoms with E-state index in [1.54, 1.807) is 27.7 Å². The Morgan fingerprint density at radius 1 is 1.50 bits per heavy atom. The number of hydrogen-bond donors (Lipinski definition) is 3. The Bertz CT molecular complexity index is 262. The molecule has 0 heterocycles. The zero-order chi connectivity index (χ0) is 12.9. The number of alkyl carbamates (subject to hydrolysis) is 1. The van der Waals surface area contributed by atoms with Crippen LogP contribution in [0.5, 0.6) is 0 Å². The highest BCUT2D eigenvalue weighted by atomic mass is 16.6. The molecule has 94 valence electrons. The third-order valence-electron chi connectivity index (χ3n) is 1.46. The van der Waals surface area contributed by atoms with E-state index in [2.05, 4.69) is 5.32 Å². The van der Waals surface area contributed by atoms with E-state index in [1.165, 1.54) is 0 Å². The number of nitrogens with one attached hydrogen (secondary N) is 1. The summed E-state index contributed by atoms with van der Waals surface area (Å²) in [5.41, 5.74) is 4.22. The highest BCUT2D eigenvalue weighted by Crippen LogP contribution is 2.06. The van der Waals surface area contributed by atoms with Crippen molar-refractivity contribution in [3.8, 4) is 0 Å². The maximum atomic E-state index is 11.3. The molecule has 0 aromatic carbocycles. The molecule has 7 nitrogen and oxygen atoms in total. The molecule has 0 fully saturated rings. The molecule has 0 aromatic rings. The maximum Gasteiger partial charge on any atom is 0.407 e. The molecule has 3 amide bonds. The highest BCUT2D eigenvalue weighted by Gasteiger charge is 2.19. The van der Waals surface area contributed by atoms with Gasteiger partial charge in [-0.05, 0) is 27.7 Å². The molecule has 0 aliphatic carbocycles. The monoisotopic (exact) mass is 233 g/mol. The average molecular weight is 233 g/mol. The molecule has 1 unspecified atom stereocenters. The Hall–Kier alpha value is -1.50. The fraction of sp³-hybridized carbons (Fsp3) is 0.778. The molecule has 0 aromatic heterocycles. The smallest absolute Gasteiger partial charge is 0.407 e. The lowest BCUT2D eigenvalue weighted by Crippen LogP contribution is -2.46. The number of carbonyl (C=O) groups excluding carboxylic acids is 2. The summed E-state index contributed by atoms with van der Waals surface area (Å²) in [5, 5.41) is 11.8. The standard InChI is InChI=1S/C9H19N3O4/c1-6(5-12(15)7(10)13)11-8(14)16-9(2,3)4/h6,15H,5H2,1-4H3,(H2,10,13)(H,11,14). The van der Waals surface area contributed by atoms with Crippen LogP contribution >= 0.6 is 0 Å². The van der Waals surface area contributed by atoms with E-state index in [-0.39, 0.29) is 6.54 Å². The van der Waals surface area contributed by atoms with Crippen molar-refractivity contribution in [2.24, 2.45) is 5.73 Å². The Morgan fingerprint density at radius 2 is 2.00 bits per heavy atom. The first-order chi connectivity index (χ1) is 7.11. The normalized spacial score (nSPS) is 12.8. The van der Waals surface area contributed by atoms with E-state index in [1.807, 2.05) is 0 Å². The summed E-state index contributed by atoms with van der Waals surface area (Å²) in [6.45, 7) is 6.71. The predicted octanol–water partition coefficient (Wildman–Crippen LogP) is 0.669. The molecule has 1 atom stereocenters. The third-order valence-corrected chi connectivity index (χ3v) is 1.46. The van der Waals surface area contributed by atoms with Crippen LogP contribution in [0.15, 0.2) is 0 Å². The van der Waals surface area contributed by atoms with Crippen LogP contribution in [0, 0.1) is 0 Å². The van der Waals surface area contributed by atoms with Gasteiger partial charge in [0.2, 0.25) is 0 Å². The zero-order valence-electron chi connectivity index (χ0n) is 9.98. The lowest BCUT2D eigenvalue weighted by atomic mass is 10.2. The fourth-order valence-corrected chi connectivity index (χ4v) is 0.904. The van der Waals surface area contributed by atoms with Gasteiger partial charge in [-0.3, -0.25) is 5.21 Å². The SMILES string of the molecule is CC(CN(O)C(N)=O)NC(=O)OC(C)(C)C. The van der Waals surface area contributed by atoms with Gasteiger partial charge in [-0.15, -0.1) is 0 Å². The van der Waals surface area contributed by atoms with Gasteiger partial charge in [0.05, 0.1) is 6.54 Å². The average Bonchev–Trinajstić information content (AvgIpc) is 1.98. The van der Waals surface area contributed by atoms with Crippen LogP contribution in [0.3, 0.4) is 0 Å². The summed E-state index contributed by atoms with van der Waals surface area (Å²) >= 11 is 0. The van der Waals surface area contributed by atoms with Crippen molar-refractivity contribution in [1.82, 2.24) is 10.4 Å². The maximum absolute atomic E-state index is 11.3. The van der Waals surface area contributed by atoms with Crippen molar-refractivity contribution >= 4 is 12.1 Å². The number of ether oxygens (including phenoxy) is 1. The van der Waals surface area contributed by atoms with Gasteiger partial charge >= 0.3 is 12.1 Å². The molecule has 4 N–H and O–H groups in total. The van der Waals surface area contributed by atoms with Gasteiger partial charge in [0, 0.05) is 6.04 Å². The van der Waals surface area contributed by atoms with Gasteiger partial charge in [0.15, 0.2) is 0 Å². The molecule has 7 heteroatoms. The largest absolute Gasteiger partial charge is 0.444 e. The summed E-state index contributed by atoms with van der Waals surface area (Å²) in [6, 6.07) is -1.44. The number of amides is 3. The molecule has 0 saturated heterocycles. The number of hydrogen-bond acceptors (Lipinski definition) is 4. The molecular formula is C9H19N3O4. The second-order valence-corrected chi connectivity index (χ2v) is 4.47. The summed E-state index contributed by atoms with van der Waals surface area (Å²) in [6.07, 6.45) is -0.613. The second kappa shape index (κ2) is 5.55. The van der Waals surface area contributed by atoms with Crippen molar-refractivity contribution in [1.29, 1.82) is 0 Å². The molecule has 0 aliphatic heterocycles. The summed E-state index contributed by atoms with van der Waals surface area (Å²) in [4.78, 5) is 21.8. The van der Waals surface area contributed by atoms with Crippen LogP contribution in [0.1, 0.15) is 27.7 Å². The highest BCUT2D eigenvalue weighted by molar-refractivity contribution is 5.71. The van der Waals surface area contributed by atoms with Crippen LogP contribution in [-0.4, -0.2) is 40.6 Å². The lowest BCUT2D eigenvalue weighted by molar-refractivity contribution is -0.0450. The quantitative estimate of drug-likeness (QED) is 0.492. The molecule has 16 heavy (non-hydrogen) atoms. The van der Waals surface area contributed by atoms with Crippen LogP contribution in [0.2, 0.25) is 0 Å². The number of nitrogens with two attached hydrogens (primary N) is 1. The number of carbonyl (C=O) groups is 2. The molecule has 0 aliphatic rings. The topological polar surface area (TPSA) is 105 Å². The molecule has 0 bridgehead atoms. The van der Waals surface area contributed by atoms with Gasteiger partial charge in [-0.25, -0.2) is 14.7 Å². The first kappa shape index (κ1) is 14.5. The summed E-state index contributed by atoms with van der Waals surface area (Å²) in [5.74, 6) is 0. The van der Waals surface area contributed by atoms with E-state index in [0.29, 0.717) is 5.06 Å². The Balaban J connectivity index is 4.01. The van der Waals surface area contributed by atoms with Gasteiger partial charge in [0.1, 0.15) is 5.60 Å². The van der Waals surface area contributed by atoms with E-state index in [4.69, 9.17) is 15.7 Å². The summed E-state index contributed by atoms with van der Waals surface area (Å²) in [7, 11) is 0. The first-order valence-corrected chi connectivity index (χ1v) is 4.87. The number of primary amides is 1. The number of hydroxylamine groups is 2. The van der Waals surface area contributed by atoms with Crippen molar-refractivity contribution in [2.45, 2.75) is 39.3 Å². The zero-order valence-corrected chi connectivity index (χ0v) is 9.98. The molecule has 0 saturated carbocycles. The van der Waals surface area contributed by atoms with E-state index < -0.39 is 23.8 Å². The minimum absolute atomic E-state index is 0.103. The van der Waals surface area contributed by atoms with Crippen molar-refractivity contribution in [3.63, 3.8) is 0 Å². The van der Waals surface area contributed by atoms with Crippen LogP contribution < -0.4 is 11.1 Å². The Labute approximate surface area is 94.5 Å². The lowest BCUT2D eigenvalue weighted by Gasteiger charge is -2.23. The Kier molecular flexibility index (Phi) is 5.03. The number of urea groups is 1. The number of nitrogens with zero attached hydrogens (tertiary/aromatic N) is 1. The first-order valence-electron chi connectivity index (χ1n) is 4.87.